The highest BCUT2D eigenvalue weighted by Crippen LogP contribution is 2.06. The molecule has 1 aromatic rings. The van der Waals surface area contributed by atoms with Gasteiger partial charge in [-0.1, -0.05) is 15.9 Å². The minimum absolute atomic E-state index is 0.298. The van der Waals surface area contributed by atoms with Crippen molar-refractivity contribution >= 4 is 15.9 Å². The quantitative estimate of drug-likeness (QED) is 0.530. The van der Waals surface area contributed by atoms with E-state index in [0.717, 1.165) is 6.07 Å². The van der Waals surface area contributed by atoms with E-state index in [1.165, 1.54) is 6.07 Å². The van der Waals surface area contributed by atoms with Gasteiger partial charge in [-0.15, -0.1) is 0 Å². The summed E-state index contributed by atoms with van der Waals surface area (Å²) in [7, 11) is 0. The largest absolute Gasteiger partial charge is 0.224 e. The minimum Gasteiger partial charge on any atom is -0.224 e. The van der Waals surface area contributed by atoms with Crippen LogP contribution in [0.5, 0.6) is 0 Å². The summed E-state index contributed by atoms with van der Waals surface area (Å²) < 4.78 is 12.5. The van der Waals surface area contributed by atoms with Crippen LogP contribution in [0.3, 0.4) is 0 Å². The Kier molecular flexibility index (Phi) is 2.55. The lowest BCUT2D eigenvalue weighted by molar-refractivity contribution is 0.579. The summed E-state index contributed by atoms with van der Waals surface area (Å²) in [6.45, 7) is 0. The van der Waals surface area contributed by atoms with Gasteiger partial charge in [-0.05, 0) is 6.07 Å². The van der Waals surface area contributed by atoms with Crippen molar-refractivity contribution in [2.24, 2.45) is 0 Å². The zero-order chi connectivity index (χ0) is 8.27. The molecule has 1 aromatic heterocycles. The van der Waals surface area contributed by atoms with Crippen LogP contribution in [0.25, 0.3) is 0 Å². The Hall–Kier alpha value is -0.950. The van der Waals surface area contributed by atoms with E-state index in [1.54, 1.807) is 0 Å². The van der Waals surface area contributed by atoms with Crippen LogP contribution in [-0.2, 0) is 5.33 Å². The average molecular weight is 215 g/mol. The van der Waals surface area contributed by atoms with E-state index in [4.69, 9.17) is 5.26 Å². The standard InChI is InChI=1S/C7H4BrFN2/c8-3-6-1-5(4-10)2-7(9)11-6/h1-2H,3H2. The van der Waals surface area contributed by atoms with Gasteiger partial charge in [0.1, 0.15) is 0 Å². The smallest absolute Gasteiger partial charge is 0.214 e. The Morgan fingerprint density at radius 1 is 1.64 bits per heavy atom. The molecule has 0 fully saturated rings. The first-order chi connectivity index (χ1) is 5.26. The maximum atomic E-state index is 12.5. The van der Waals surface area contributed by atoms with E-state index in [1.807, 2.05) is 6.07 Å². The van der Waals surface area contributed by atoms with Crippen LogP contribution < -0.4 is 0 Å². The van der Waals surface area contributed by atoms with E-state index in [9.17, 15) is 4.39 Å². The number of nitrogens with zero attached hydrogens (tertiary/aromatic N) is 2. The van der Waals surface area contributed by atoms with Crippen LogP contribution in [0, 0.1) is 17.3 Å². The molecule has 1 rings (SSSR count). The SMILES string of the molecule is N#Cc1cc(F)nc(CBr)c1. The highest BCUT2D eigenvalue weighted by molar-refractivity contribution is 9.08. The second-order valence-corrected chi connectivity index (χ2v) is 2.48. The third kappa shape index (κ3) is 1.99. The molecule has 0 amide bonds. The summed E-state index contributed by atoms with van der Waals surface area (Å²) in [5.74, 6) is -0.613. The van der Waals surface area contributed by atoms with Gasteiger partial charge in [0.05, 0.1) is 17.3 Å². The highest BCUT2D eigenvalue weighted by Gasteiger charge is 1.99. The Balaban J connectivity index is 3.15. The molecule has 0 radical (unpaired) electrons. The molecule has 0 N–H and O–H groups in total. The number of alkyl halides is 1. The van der Waals surface area contributed by atoms with Crippen LogP contribution in [0.15, 0.2) is 12.1 Å². The number of hydrogen-bond acceptors (Lipinski definition) is 2. The Bertz CT molecular complexity index is 306. The van der Waals surface area contributed by atoms with Crippen molar-refractivity contribution in [3.63, 3.8) is 0 Å². The third-order valence-electron chi connectivity index (χ3n) is 1.11. The van der Waals surface area contributed by atoms with Crippen molar-refractivity contribution in [1.29, 1.82) is 5.26 Å². The second kappa shape index (κ2) is 3.44. The van der Waals surface area contributed by atoms with Gasteiger partial charge in [0.2, 0.25) is 5.95 Å². The Morgan fingerprint density at radius 2 is 2.36 bits per heavy atom. The molecule has 1 heterocycles. The minimum atomic E-state index is -0.613. The van der Waals surface area contributed by atoms with E-state index in [2.05, 4.69) is 20.9 Å². The zero-order valence-corrected chi connectivity index (χ0v) is 7.10. The number of pyridine rings is 1. The van der Waals surface area contributed by atoms with Gasteiger partial charge in [-0.2, -0.15) is 9.65 Å². The molecular formula is C7H4BrFN2. The second-order valence-electron chi connectivity index (χ2n) is 1.92. The van der Waals surface area contributed by atoms with Gasteiger partial charge < -0.3 is 0 Å². The molecule has 0 aliphatic heterocycles. The first kappa shape index (κ1) is 8.15. The fraction of sp³-hybridized carbons (Fsp3) is 0.143. The van der Waals surface area contributed by atoms with E-state index in [0.29, 0.717) is 16.6 Å². The molecule has 0 aromatic carbocycles. The molecule has 0 aliphatic carbocycles. The lowest BCUT2D eigenvalue weighted by Crippen LogP contribution is -1.90. The number of halogens is 2. The van der Waals surface area contributed by atoms with E-state index >= 15 is 0 Å². The summed E-state index contributed by atoms with van der Waals surface area (Å²) in [4.78, 5) is 3.54. The number of nitriles is 1. The molecule has 2 nitrogen and oxygen atoms in total. The van der Waals surface area contributed by atoms with Crippen LogP contribution in [0.1, 0.15) is 11.3 Å². The monoisotopic (exact) mass is 214 g/mol. The molecule has 0 saturated carbocycles. The van der Waals surface area contributed by atoms with Crippen molar-refractivity contribution in [3.05, 3.63) is 29.3 Å². The fourth-order valence-corrected chi connectivity index (χ4v) is 0.971. The summed E-state index contributed by atoms with van der Waals surface area (Å²) in [5.41, 5.74) is 0.827. The molecule has 0 bridgehead atoms. The fourth-order valence-electron chi connectivity index (χ4n) is 0.684. The van der Waals surface area contributed by atoms with Gasteiger partial charge >= 0.3 is 0 Å². The van der Waals surface area contributed by atoms with Crippen LogP contribution in [-0.4, -0.2) is 4.98 Å². The van der Waals surface area contributed by atoms with E-state index < -0.39 is 5.95 Å². The van der Waals surface area contributed by atoms with Crippen molar-refractivity contribution in [2.75, 3.05) is 0 Å². The molecule has 4 heteroatoms. The van der Waals surface area contributed by atoms with Gasteiger partial charge in [0, 0.05) is 11.4 Å². The van der Waals surface area contributed by atoms with Gasteiger partial charge in [-0.3, -0.25) is 0 Å². The molecule has 0 aliphatic rings. The summed E-state index contributed by atoms with van der Waals surface area (Å²) in [6, 6.07) is 4.48. The molecular weight excluding hydrogens is 211 g/mol. The van der Waals surface area contributed by atoms with Crippen molar-refractivity contribution in [1.82, 2.24) is 4.98 Å². The molecule has 0 unspecified atom stereocenters. The van der Waals surface area contributed by atoms with Crippen LogP contribution >= 0.6 is 15.9 Å². The Labute approximate surface area is 71.8 Å². The van der Waals surface area contributed by atoms with Crippen molar-refractivity contribution in [2.45, 2.75) is 5.33 Å². The van der Waals surface area contributed by atoms with Crippen LogP contribution in [0.4, 0.5) is 4.39 Å². The van der Waals surface area contributed by atoms with Crippen molar-refractivity contribution < 1.29 is 4.39 Å². The summed E-state index contributed by atoms with van der Waals surface area (Å²) in [5, 5.41) is 8.88. The number of rotatable bonds is 1. The first-order valence-corrected chi connectivity index (χ1v) is 4.01. The third-order valence-corrected chi connectivity index (χ3v) is 1.69. The molecule has 0 spiro atoms. The predicted octanol–water partition coefficient (Wildman–Crippen LogP) is 1.99. The van der Waals surface area contributed by atoms with Gasteiger partial charge in [-0.25, -0.2) is 4.98 Å². The van der Waals surface area contributed by atoms with Crippen molar-refractivity contribution in [3.8, 4) is 6.07 Å². The molecule has 56 valence electrons. The lowest BCUT2D eigenvalue weighted by atomic mass is 10.2. The number of aromatic nitrogens is 1. The maximum Gasteiger partial charge on any atom is 0.214 e. The van der Waals surface area contributed by atoms with Gasteiger partial charge in [0.25, 0.3) is 0 Å². The lowest BCUT2D eigenvalue weighted by Gasteiger charge is -1.94. The summed E-state index contributed by atoms with van der Waals surface area (Å²) in [6.07, 6.45) is 0. The number of hydrogen-bond donors (Lipinski definition) is 0. The zero-order valence-electron chi connectivity index (χ0n) is 5.51. The highest BCUT2D eigenvalue weighted by atomic mass is 79.9. The first-order valence-electron chi connectivity index (χ1n) is 2.89. The average Bonchev–Trinajstić information content (AvgIpc) is 2.03. The normalized spacial score (nSPS) is 9.18. The summed E-state index contributed by atoms with van der Waals surface area (Å²) >= 11 is 3.12. The maximum absolute atomic E-state index is 12.5. The van der Waals surface area contributed by atoms with E-state index in [-0.39, 0.29) is 0 Å². The Morgan fingerprint density at radius 3 is 2.91 bits per heavy atom. The van der Waals surface area contributed by atoms with Gasteiger partial charge in [0.15, 0.2) is 0 Å². The van der Waals surface area contributed by atoms with Crippen LogP contribution in [0.2, 0.25) is 0 Å². The predicted molar refractivity (Wildman–Crippen MR) is 41.5 cm³/mol. The molecule has 0 saturated heterocycles. The molecule has 11 heavy (non-hydrogen) atoms. The topological polar surface area (TPSA) is 36.7 Å². The molecule has 0 atom stereocenters.